The van der Waals surface area contributed by atoms with E-state index in [1.165, 1.54) is 0 Å². The molecule has 1 aliphatic rings. The summed E-state index contributed by atoms with van der Waals surface area (Å²) in [5.74, 6) is 0.310. The molecule has 2 N–H and O–H groups in total. The van der Waals surface area contributed by atoms with Crippen LogP contribution in [-0.2, 0) is 0 Å². The van der Waals surface area contributed by atoms with Crippen LogP contribution in [0, 0.1) is 5.92 Å². The molecule has 1 saturated heterocycles. The zero-order valence-electron chi connectivity index (χ0n) is 9.39. The fraction of sp³-hybridized carbons (Fsp3) is 0.308. The monoisotopic (exact) mass is 230 g/mol. The lowest BCUT2D eigenvalue weighted by atomic mass is 9.99. The number of hydrogen-bond donors (Lipinski definition) is 2. The summed E-state index contributed by atoms with van der Waals surface area (Å²) in [6.45, 7) is 1.49. The third-order valence-corrected chi connectivity index (χ3v) is 3.33. The van der Waals surface area contributed by atoms with Crippen molar-refractivity contribution in [2.75, 3.05) is 19.7 Å². The molecule has 3 rings (SSSR count). The third kappa shape index (κ3) is 1.61. The highest BCUT2D eigenvalue weighted by molar-refractivity contribution is 6.06. The summed E-state index contributed by atoms with van der Waals surface area (Å²) < 4.78 is 0. The van der Waals surface area contributed by atoms with Crippen LogP contribution in [0.5, 0.6) is 0 Å². The van der Waals surface area contributed by atoms with Gasteiger partial charge in [-0.05, 0) is 18.2 Å². The second kappa shape index (κ2) is 3.89. The Morgan fingerprint density at radius 3 is 3.00 bits per heavy atom. The minimum Gasteiger partial charge on any atom is -0.396 e. The summed E-state index contributed by atoms with van der Waals surface area (Å²) in [5.41, 5.74) is 1.72. The second-order valence-corrected chi connectivity index (χ2v) is 4.50. The fourth-order valence-corrected chi connectivity index (χ4v) is 2.29. The Morgan fingerprint density at radius 1 is 1.41 bits per heavy atom. The lowest BCUT2D eigenvalue weighted by Crippen LogP contribution is -2.51. The Kier molecular flexibility index (Phi) is 2.37. The average molecular weight is 230 g/mol. The SMILES string of the molecule is O=C(c1cccc2[nH]ccc12)N1CC(CO)C1. The first kappa shape index (κ1) is 10.4. The molecular weight excluding hydrogens is 216 g/mol. The Hall–Kier alpha value is -1.81. The number of carbonyl (C=O) groups is 1. The predicted octanol–water partition coefficient (Wildman–Crippen LogP) is 1.23. The van der Waals surface area contributed by atoms with E-state index in [-0.39, 0.29) is 18.4 Å². The Labute approximate surface area is 98.9 Å². The minimum absolute atomic E-state index is 0.0555. The van der Waals surface area contributed by atoms with Crippen molar-refractivity contribution in [1.82, 2.24) is 9.88 Å². The molecule has 0 saturated carbocycles. The van der Waals surface area contributed by atoms with Gasteiger partial charge in [0.05, 0.1) is 0 Å². The number of rotatable bonds is 2. The molecule has 0 bridgehead atoms. The lowest BCUT2D eigenvalue weighted by molar-refractivity contribution is 0.0364. The van der Waals surface area contributed by atoms with Crippen molar-refractivity contribution in [3.05, 3.63) is 36.0 Å². The van der Waals surface area contributed by atoms with Crippen LogP contribution in [0.15, 0.2) is 30.5 Å². The number of nitrogens with zero attached hydrogens (tertiary/aromatic N) is 1. The fourth-order valence-electron chi connectivity index (χ4n) is 2.29. The van der Waals surface area contributed by atoms with Crippen LogP contribution in [0.4, 0.5) is 0 Å². The number of aliphatic hydroxyl groups excluding tert-OH is 1. The van der Waals surface area contributed by atoms with Gasteiger partial charge in [0, 0.05) is 48.3 Å². The largest absolute Gasteiger partial charge is 0.396 e. The molecule has 4 nitrogen and oxygen atoms in total. The van der Waals surface area contributed by atoms with Gasteiger partial charge < -0.3 is 15.0 Å². The van der Waals surface area contributed by atoms with Gasteiger partial charge in [-0.3, -0.25) is 4.79 Å². The van der Waals surface area contributed by atoms with Gasteiger partial charge in [0.1, 0.15) is 0 Å². The van der Waals surface area contributed by atoms with Gasteiger partial charge in [-0.25, -0.2) is 0 Å². The summed E-state index contributed by atoms with van der Waals surface area (Å²) in [6, 6.07) is 7.62. The quantitative estimate of drug-likeness (QED) is 0.815. The molecule has 1 aromatic carbocycles. The van der Waals surface area contributed by atoms with Gasteiger partial charge >= 0.3 is 0 Å². The second-order valence-electron chi connectivity index (χ2n) is 4.50. The van der Waals surface area contributed by atoms with E-state index in [1.807, 2.05) is 30.5 Å². The van der Waals surface area contributed by atoms with E-state index >= 15 is 0 Å². The van der Waals surface area contributed by atoms with Crippen LogP contribution in [0.3, 0.4) is 0 Å². The van der Waals surface area contributed by atoms with Crippen molar-refractivity contribution >= 4 is 16.8 Å². The number of likely N-dealkylation sites (tertiary alicyclic amines) is 1. The van der Waals surface area contributed by atoms with Gasteiger partial charge in [-0.2, -0.15) is 0 Å². The van der Waals surface area contributed by atoms with Crippen molar-refractivity contribution in [2.45, 2.75) is 0 Å². The molecule has 2 heterocycles. The van der Waals surface area contributed by atoms with Crippen molar-refractivity contribution in [3.63, 3.8) is 0 Å². The molecule has 0 radical (unpaired) electrons. The Balaban J connectivity index is 1.89. The number of hydrogen-bond acceptors (Lipinski definition) is 2. The molecule has 0 unspecified atom stereocenters. The molecular formula is C13H14N2O2. The summed E-state index contributed by atoms with van der Waals surface area (Å²) in [4.78, 5) is 17.1. The highest BCUT2D eigenvalue weighted by atomic mass is 16.3. The summed E-state index contributed by atoms with van der Waals surface area (Å²) in [6.07, 6.45) is 1.84. The maximum absolute atomic E-state index is 12.2. The summed E-state index contributed by atoms with van der Waals surface area (Å²) >= 11 is 0. The van der Waals surface area contributed by atoms with E-state index in [9.17, 15) is 4.79 Å². The van der Waals surface area contributed by atoms with Crippen LogP contribution in [0.25, 0.3) is 10.9 Å². The lowest BCUT2D eigenvalue weighted by Gasteiger charge is -2.38. The van der Waals surface area contributed by atoms with E-state index in [0.717, 1.165) is 16.5 Å². The highest BCUT2D eigenvalue weighted by Crippen LogP contribution is 2.23. The number of amides is 1. The van der Waals surface area contributed by atoms with Gasteiger partial charge in [0.2, 0.25) is 0 Å². The molecule has 2 aromatic rings. The van der Waals surface area contributed by atoms with Gasteiger partial charge in [-0.15, -0.1) is 0 Å². The molecule has 0 spiro atoms. The first-order valence-electron chi connectivity index (χ1n) is 5.76. The average Bonchev–Trinajstić information content (AvgIpc) is 2.74. The van der Waals surface area contributed by atoms with Gasteiger partial charge in [0.15, 0.2) is 0 Å². The van der Waals surface area contributed by atoms with Gasteiger partial charge in [-0.1, -0.05) is 6.07 Å². The molecule has 17 heavy (non-hydrogen) atoms. The Bertz CT molecular complexity index is 555. The predicted molar refractivity (Wildman–Crippen MR) is 64.8 cm³/mol. The van der Waals surface area contributed by atoms with Crippen LogP contribution in [-0.4, -0.2) is 40.6 Å². The molecule has 0 aliphatic carbocycles. The number of H-pyrrole nitrogens is 1. The molecule has 1 aromatic heterocycles. The summed E-state index contributed by atoms with van der Waals surface area (Å²) in [5, 5.41) is 9.91. The van der Waals surface area contributed by atoms with E-state index in [4.69, 9.17) is 5.11 Å². The summed E-state index contributed by atoms with van der Waals surface area (Å²) in [7, 11) is 0. The number of aliphatic hydroxyl groups is 1. The number of nitrogens with one attached hydrogen (secondary N) is 1. The minimum atomic E-state index is 0.0555. The topological polar surface area (TPSA) is 56.3 Å². The van der Waals surface area contributed by atoms with Crippen LogP contribution in [0.1, 0.15) is 10.4 Å². The Morgan fingerprint density at radius 2 is 2.24 bits per heavy atom. The van der Waals surface area contributed by atoms with Crippen LogP contribution >= 0.6 is 0 Å². The molecule has 1 amide bonds. The number of aromatic nitrogens is 1. The van der Waals surface area contributed by atoms with Crippen LogP contribution < -0.4 is 0 Å². The number of benzene rings is 1. The maximum Gasteiger partial charge on any atom is 0.254 e. The number of aromatic amines is 1. The van der Waals surface area contributed by atoms with E-state index < -0.39 is 0 Å². The zero-order valence-corrected chi connectivity index (χ0v) is 9.39. The molecule has 1 fully saturated rings. The maximum atomic E-state index is 12.2. The first-order chi connectivity index (χ1) is 8.29. The van der Waals surface area contributed by atoms with Gasteiger partial charge in [0.25, 0.3) is 5.91 Å². The van der Waals surface area contributed by atoms with Crippen molar-refractivity contribution in [3.8, 4) is 0 Å². The van der Waals surface area contributed by atoms with Crippen molar-refractivity contribution in [1.29, 1.82) is 0 Å². The van der Waals surface area contributed by atoms with Crippen LogP contribution in [0.2, 0.25) is 0 Å². The molecule has 0 atom stereocenters. The van der Waals surface area contributed by atoms with E-state index in [2.05, 4.69) is 4.98 Å². The third-order valence-electron chi connectivity index (χ3n) is 3.33. The van der Waals surface area contributed by atoms with Crippen molar-refractivity contribution < 1.29 is 9.90 Å². The normalized spacial score (nSPS) is 16.2. The zero-order chi connectivity index (χ0) is 11.8. The molecule has 1 aliphatic heterocycles. The smallest absolute Gasteiger partial charge is 0.254 e. The standard InChI is InChI=1S/C13H14N2O2/c16-8-9-6-15(7-9)13(17)11-2-1-3-12-10(11)4-5-14-12/h1-5,9,14,16H,6-8H2. The van der Waals surface area contributed by atoms with E-state index in [0.29, 0.717) is 13.1 Å². The highest BCUT2D eigenvalue weighted by Gasteiger charge is 2.31. The first-order valence-corrected chi connectivity index (χ1v) is 5.76. The number of carbonyl (C=O) groups excluding carboxylic acids is 1. The molecule has 4 heteroatoms. The number of fused-ring (bicyclic) bond motifs is 1. The van der Waals surface area contributed by atoms with E-state index in [1.54, 1.807) is 4.90 Å². The van der Waals surface area contributed by atoms with Crippen molar-refractivity contribution in [2.24, 2.45) is 5.92 Å². The molecule has 88 valence electrons.